The molecule has 1 heterocycles. The first kappa shape index (κ1) is 12.6. The summed E-state index contributed by atoms with van der Waals surface area (Å²) in [7, 11) is 0. The van der Waals surface area contributed by atoms with Crippen LogP contribution in [0.25, 0.3) is 0 Å². The van der Waals surface area contributed by atoms with Crippen molar-refractivity contribution >= 4 is 17.2 Å². The van der Waals surface area contributed by atoms with Crippen molar-refractivity contribution in [2.75, 3.05) is 13.2 Å². The third kappa shape index (κ3) is 2.87. The molecule has 0 saturated heterocycles. The smallest absolute Gasteiger partial charge is 0.261 e. The Hall–Kier alpha value is -0.870. The van der Waals surface area contributed by atoms with Crippen LogP contribution in [0.15, 0.2) is 6.07 Å². The van der Waals surface area contributed by atoms with Crippen LogP contribution in [-0.2, 0) is 12.8 Å². The average molecular weight is 253 g/mol. The summed E-state index contributed by atoms with van der Waals surface area (Å²) in [6.07, 6.45) is 4.71. The number of rotatable bonds is 4. The number of carbonyl (C=O) groups is 1. The molecule has 1 aliphatic rings. The highest BCUT2D eigenvalue weighted by Crippen LogP contribution is 2.33. The molecule has 0 saturated carbocycles. The van der Waals surface area contributed by atoms with E-state index >= 15 is 0 Å². The molecule has 0 radical (unpaired) electrons. The maximum atomic E-state index is 11.8. The van der Waals surface area contributed by atoms with Crippen molar-refractivity contribution in [1.29, 1.82) is 0 Å². The second-order valence-corrected chi connectivity index (χ2v) is 5.69. The van der Waals surface area contributed by atoms with Gasteiger partial charge in [-0.05, 0) is 36.8 Å². The third-order valence-corrected chi connectivity index (χ3v) is 4.62. The number of thiophene rings is 1. The van der Waals surface area contributed by atoms with Crippen LogP contribution in [-0.4, -0.2) is 24.2 Å². The van der Waals surface area contributed by atoms with Gasteiger partial charge in [-0.1, -0.05) is 13.3 Å². The number of hydrogen-bond donors (Lipinski definition) is 2. The Morgan fingerprint density at radius 1 is 1.65 bits per heavy atom. The van der Waals surface area contributed by atoms with Crippen LogP contribution in [0.5, 0.6) is 0 Å². The SMILES string of the molecule is CCC1CCc2sc(C(=O)NCCO)cc2C1. The first-order valence-corrected chi connectivity index (χ1v) is 7.06. The van der Waals surface area contributed by atoms with Crippen molar-refractivity contribution in [2.45, 2.75) is 32.6 Å². The number of amides is 1. The molecular weight excluding hydrogens is 234 g/mol. The normalized spacial score (nSPS) is 18.8. The van der Waals surface area contributed by atoms with Crippen molar-refractivity contribution in [3.05, 3.63) is 21.4 Å². The van der Waals surface area contributed by atoms with E-state index in [9.17, 15) is 4.79 Å². The average Bonchev–Trinajstić information content (AvgIpc) is 2.78. The molecule has 0 fully saturated rings. The van der Waals surface area contributed by atoms with Gasteiger partial charge in [0.05, 0.1) is 11.5 Å². The van der Waals surface area contributed by atoms with Gasteiger partial charge in [-0.3, -0.25) is 4.79 Å². The molecule has 4 heteroatoms. The molecule has 0 spiro atoms. The minimum absolute atomic E-state index is 0.00522. The van der Waals surface area contributed by atoms with Crippen molar-refractivity contribution in [1.82, 2.24) is 5.32 Å². The lowest BCUT2D eigenvalue weighted by atomic mass is 9.87. The first-order valence-electron chi connectivity index (χ1n) is 6.25. The van der Waals surface area contributed by atoms with Gasteiger partial charge in [0.2, 0.25) is 0 Å². The van der Waals surface area contributed by atoms with E-state index in [4.69, 9.17) is 5.11 Å². The van der Waals surface area contributed by atoms with Gasteiger partial charge in [0, 0.05) is 11.4 Å². The molecule has 94 valence electrons. The van der Waals surface area contributed by atoms with Gasteiger partial charge in [0.1, 0.15) is 0 Å². The summed E-state index contributed by atoms with van der Waals surface area (Å²) in [6, 6.07) is 2.04. The van der Waals surface area contributed by atoms with E-state index < -0.39 is 0 Å². The summed E-state index contributed by atoms with van der Waals surface area (Å²) in [5.74, 6) is 0.733. The van der Waals surface area contributed by atoms with Gasteiger partial charge < -0.3 is 10.4 Å². The molecule has 2 rings (SSSR count). The Bertz CT molecular complexity index is 400. The van der Waals surface area contributed by atoms with E-state index in [1.807, 2.05) is 6.07 Å². The molecule has 1 amide bonds. The van der Waals surface area contributed by atoms with Gasteiger partial charge in [0.25, 0.3) is 5.91 Å². The summed E-state index contributed by atoms with van der Waals surface area (Å²) in [5, 5.41) is 11.4. The molecule has 1 atom stereocenters. The number of hydrogen-bond acceptors (Lipinski definition) is 3. The lowest BCUT2D eigenvalue weighted by Gasteiger charge is -2.19. The highest BCUT2D eigenvalue weighted by Gasteiger charge is 2.21. The lowest BCUT2D eigenvalue weighted by Crippen LogP contribution is -2.25. The highest BCUT2D eigenvalue weighted by molar-refractivity contribution is 7.14. The Kier molecular flexibility index (Phi) is 4.18. The number of aliphatic hydroxyl groups is 1. The fourth-order valence-corrected chi connectivity index (χ4v) is 3.44. The minimum Gasteiger partial charge on any atom is -0.395 e. The quantitative estimate of drug-likeness (QED) is 0.862. The first-order chi connectivity index (χ1) is 8.24. The number of aryl methyl sites for hydroxylation is 1. The Morgan fingerprint density at radius 2 is 2.47 bits per heavy atom. The molecule has 17 heavy (non-hydrogen) atoms. The zero-order valence-electron chi connectivity index (χ0n) is 10.2. The zero-order chi connectivity index (χ0) is 12.3. The molecule has 1 aliphatic carbocycles. The van der Waals surface area contributed by atoms with Crippen LogP contribution in [0.2, 0.25) is 0 Å². The molecule has 2 N–H and O–H groups in total. The predicted octanol–water partition coefficient (Wildman–Crippen LogP) is 1.99. The minimum atomic E-state index is -0.0495. The van der Waals surface area contributed by atoms with Gasteiger partial charge in [-0.2, -0.15) is 0 Å². The van der Waals surface area contributed by atoms with Gasteiger partial charge in [-0.25, -0.2) is 0 Å². The summed E-state index contributed by atoms with van der Waals surface area (Å²) in [5.41, 5.74) is 1.36. The highest BCUT2D eigenvalue weighted by atomic mass is 32.1. The van der Waals surface area contributed by atoms with Crippen LogP contribution in [0.1, 0.15) is 39.9 Å². The number of nitrogens with one attached hydrogen (secondary N) is 1. The topological polar surface area (TPSA) is 49.3 Å². The van der Waals surface area contributed by atoms with Crippen molar-refractivity contribution in [3.8, 4) is 0 Å². The summed E-state index contributed by atoms with van der Waals surface area (Å²) in [6.45, 7) is 2.56. The van der Waals surface area contributed by atoms with Gasteiger partial charge in [0.15, 0.2) is 0 Å². The van der Waals surface area contributed by atoms with Crippen LogP contribution in [0.3, 0.4) is 0 Å². The van der Waals surface area contributed by atoms with Crippen molar-refractivity contribution in [3.63, 3.8) is 0 Å². The van der Waals surface area contributed by atoms with Crippen LogP contribution in [0.4, 0.5) is 0 Å². The van der Waals surface area contributed by atoms with Gasteiger partial charge >= 0.3 is 0 Å². The Labute approximate surface area is 106 Å². The number of carbonyl (C=O) groups excluding carboxylic acids is 1. The predicted molar refractivity (Wildman–Crippen MR) is 69.5 cm³/mol. The molecule has 0 aliphatic heterocycles. The van der Waals surface area contributed by atoms with E-state index in [0.29, 0.717) is 6.54 Å². The number of aliphatic hydroxyl groups excluding tert-OH is 1. The molecule has 0 aromatic carbocycles. The maximum Gasteiger partial charge on any atom is 0.261 e. The Balaban J connectivity index is 2.07. The lowest BCUT2D eigenvalue weighted by molar-refractivity contribution is 0.0949. The van der Waals surface area contributed by atoms with E-state index in [1.165, 1.54) is 23.3 Å². The zero-order valence-corrected chi connectivity index (χ0v) is 11.0. The molecule has 3 nitrogen and oxygen atoms in total. The summed E-state index contributed by atoms with van der Waals surface area (Å²) in [4.78, 5) is 13.9. The monoisotopic (exact) mass is 253 g/mol. The second kappa shape index (κ2) is 5.65. The summed E-state index contributed by atoms with van der Waals surface area (Å²) < 4.78 is 0. The standard InChI is InChI=1S/C13H19NO2S/c1-2-9-3-4-11-10(7-9)8-12(17-11)13(16)14-5-6-15/h8-9,15H,2-7H2,1H3,(H,14,16). The second-order valence-electron chi connectivity index (χ2n) is 4.56. The number of fused-ring (bicyclic) bond motifs is 1. The van der Waals surface area contributed by atoms with E-state index in [0.717, 1.165) is 23.6 Å². The van der Waals surface area contributed by atoms with Crippen LogP contribution in [0, 0.1) is 5.92 Å². The fourth-order valence-electron chi connectivity index (χ4n) is 2.32. The molecular formula is C13H19NO2S. The van der Waals surface area contributed by atoms with E-state index in [2.05, 4.69) is 12.2 Å². The van der Waals surface area contributed by atoms with Crippen molar-refractivity contribution in [2.24, 2.45) is 5.92 Å². The fraction of sp³-hybridized carbons (Fsp3) is 0.615. The van der Waals surface area contributed by atoms with E-state index in [-0.39, 0.29) is 12.5 Å². The maximum absolute atomic E-state index is 11.8. The van der Waals surface area contributed by atoms with Crippen molar-refractivity contribution < 1.29 is 9.90 Å². The molecule has 0 bridgehead atoms. The molecule has 1 aromatic heterocycles. The largest absolute Gasteiger partial charge is 0.395 e. The Morgan fingerprint density at radius 3 is 3.18 bits per heavy atom. The molecule has 1 aromatic rings. The van der Waals surface area contributed by atoms with Crippen LogP contribution >= 0.6 is 11.3 Å². The van der Waals surface area contributed by atoms with Gasteiger partial charge in [-0.15, -0.1) is 11.3 Å². The van der Waals surface area contributed by atoms with E-state index in [1.54, 1.807) is 11.3 Å². The summed E-state index contributed by atoms with van der Waals surface area (Å²) >= 11 is 1.61. The van der Waals surface area contributed by atoms with Crippen LogP contribution < -0.4 is 5.32 Å². The third-order valence-electron chi connectivity index (χ3n) is 3.38. The molecule has 1 unspecified atom stereocenters.